The van der Waals surface area contributed by atoms with Gasteiger partial charge in [0.1, 0.15) is 0 Å². The lowest BCUT2D eigenvalue weighted by atomic mass is 10.2. The first-order chi connectivity index (χ1) is 8.75. The summed E-state index contributed by atoms with van der Waals surface area (Å²) in [7, 11) is 0. The summed E-state index contributed by atoms with van der Waals surface area (Å²) in [4.78, 5) is 11.7. The number of hydrogen-bond acceptors (Lipinski definition) is 3. The molecule has 0 aliphatic heterocycles. The molecule has 0 fully saturated rings. The normalized spacial score (nSPS) is 10.2. The van der Waals surface area contributed by atoms with Crippen LogP contribution < -0.4 is 11.1 Å². The van der Waals surface area contributed by atoms with Crippen LogP contribution in [-0.2, 0) is 6.54 Å². The number of aromatic nitrogens is 2. The fourth-order valence-corrected chi connectivity index (χ4v) is 1.61. The fourth-order valence-electron chi connectivity index (χ4n) is 1.61. The number of nitrogens with one attached hydrogen (secondary N) is 1. The highest BCUT2D eigenvalue weighted by molar-refractivity contribution is 5.94. The zero-order valence-corrected chi connectivity index (χ0v) is 10.0. The molecule has 2 rings (SSSR count). The van der Waals surface area contributed by atoms with Gasteiger partial charge < -0.3 is 11.1 Å². The van der Waals surface area contributed by atoms with Gasteiger partial charge in [-0.2, -0.15) is 5.10 Å². The third-order valence-corrected chi connectivity index (χ3v) is 2.58. The molecular formula is C13H16N4O. The highest BCUT2D eigenvalue weighted by Gasteiger charge is 2.03. The van der Waals surface area contributed by atoms with E-state index in [0.29, 0.717) is 17.8 Å². The summed E-state index contributed by atoms with van der Waals surface area (Å²) in [5.74, 6) is -0.0736. The van der Waals surface area contributed by atoms with E-state index in [2.05, 4.69) is 10.4 Å². The molecule has 3 N–H and O–H groups in total. The first-order valence-corrected chi connectivity index (χ1v) is 5.87. The number of carbonyl (C=O) groups is 1. The minimum absolute atomic E-state index is 0.0736. The molecule has 0 radical (unpaired) electrons. The Bertz CT molecular complexity index is 490. The van der Waals surface area contributed by atoms with Crippen LogP contribution in [0.5, 0.6) is 0 Å². The number of nitrogens with zero attached hydrogens (tertiary/aromatic N) is 2. The van der Waals surface area contributed by atoms with E-state index in [1.807, 2.05) is 16.9 Å². The van der Waals surface area contributed by atoms with E-state index in [1.54, 1.807) is 30.5 Å². The van der Waals surface area contributed by atoms with Crippen molar-refractivity contribution >= 4 is 11.6 Å². The summed E-state index contributed by atoms with van der Waals surface area (Å²) in [6.45, 7) is 1.43. The molecule has 94 valence electrons. The standard InChI is InChI=1S/C13H16N4O/c14-12-5-3-11(4-6-12)13(18)15-7-1-9-17-10-2-8-16-17/h2-6,8,10H,1,7,9,14H2,(H,15,18). The second-order valence-corrected chi connectivity index (χ2v) is 4.00. The lowest BCUT2D eigenvalue weighted by molar-refractivity contribution is 0.0952. The van der Waals surface area contributed by atoms with Crippen molar-refractivity contribution in [1.29, 1.82) is 0 Å². The number of carbonyl (C=O) groups excluding carboxylic acids is 1. The molecule has 0 saturated carbocycles. The van der Waals surface area contributed by atoms with Crippen LogP contribution >= 0.6 is 0 Å². The Balaban J connectivity index is 1.73. The Kier molecular flexibility index (Phi) is 3.96. The number of nitrogens with two attached hydrogens (primary N) is 1. The molecule has 1 aromatic heterocycles. The van der Waals surface area contributed by atoms with Crippen LogP contribution in [0.15, 0.2) is 42.7 Å². The van der Waals surface area contributed by atoms with Crippen molar-refractivity contribution in [3.05, 3.63) is 48.3 Å². The molecule has 2 aromatic rings. The SMILES string of the molecule is Nc1ccc(C(=O)NCCCn2cccn2)cc1. The van der Waals surface area contributed by atoms with Gasteiger partial charge in [0.15, 0.2) is 0 Å². The molecule has 0 spiro atoms. The third-order valence-electron chi connectivity index (χ3n) is 2.58. The van der Waals surface area contributed by atoms with Crippen LogP contribution in [-0.4, -0.2) is 22.2 Å². The maximum atomic E-state index is 11.7. The molecule has 0 unspecified atom stereocenters. The van der Waals surface area contributed by atoms with Gasteiger partial charge in [-0.3, -0.25) is 9.48 Å². The molecule has 0 aliphatic carbocycles. The van der Waals surface area contributed by atoms with Crippen LogP contribution in [0.1, 0.15) is 16.8 Å². The van der Waals surface area contributed by atoms with Gasteiger partial charge in [-0.1, -0.05) is 0 Å². The molecule has 1 aromatic carbocycles. The van der Waals surface area contributed by atoms with Gasteiger partial charge in [0.2, 0.25) is 0 Å². The van der Waals surface area contributed by atoms with E-state index in [4.69, 9.17) is 5.73 Å². The zero-order chi connectivity index (χ0) is 12.8. The number of anilines is 1. The Morgan fingerprint density at radius 1 is 1.33 bits per heavy atom. The summed E-state index contributed by atoms with van der Waals surface area (Å²) in [6.07, 6.45) is 4.50. The number of aryl methyl sites for hydroxylation is 1. The second-order valence-electron chi connectivity index (χ2n) is 4.00. The summed E-state index contributed by atoms with van der Waals surface area (Å²) < 4.78 is 1.84. The topological polar surface area (TPSA) is 72.9 Å². The van der Waals surface area contributed by atoms with Crippen LogP contribution in [0.3, 0.4) is 0 Å². The first kappa shape index (κ1) is 12.2. The highest BCUT2D eigenvalue weighted by Crippen LogP contribution is 2.04. The second kappa shape index (κ2) is 5.86. The van der Waals surface area contributed by atoms with E-state index in [-0.39, 0.29) is 5.91 Å². The number of nitrogen functional groups attached to an aromatic ring is 1. The van der Waals surface area contributed by atoms with E-state index in [1.165, 1.54) is 0 Å². The Labute approximate surface area is 106 Å². The largest absolute Gasteiger partial charge is 0.399 e. The average Bonchev–Trinajstić information content (AvgIpc) is 2.88. The van der Waals surface area contributed by atoms with Crippen LogP contribution in [0.25, 0.3) is 0 Å². The van der Waals surface area contributed by atoms with Gasteiger partial charge in [0, 0.05) is 36.7 Å². The van der Waals surface area contributed by atoms with Crippen molar-refractivity contribution in [2.45, 2.75) is 13.0 Å². The van der Waals surface area contributed by atoms with Crippen molar-refractivity contribution < 1.29 is 4.79 Å². The predicted octanol–water partition coefficient (Wildman–Crippen LogP) is 1.29. The van der Waals surface area contributed by atoms with Crippen molar-refractivity contribution in [3.63, 3.8) is 0 Å². The van der Waals surface area contributed by atoms with Crippen LogP contribution in [0, 0.1) is 0 Å². The first-order valence-electron chi connectivity index (χ1n) is 5.87. The fraction of sp³-hybridized carbons (Fsp3) is 0.231. The maximum absolute atomic E-state index is 11.7. The lowest BCUT2D eigenvalue weighted by Crippen LogP contribution is -2.25. The monoisotopic (exact) mass is 244 g/mol. The molecule has 0 saturated heterocycles. The summed E-state index contributed by atoms with van der Waals surface area (Å²) >= 11 is 0. The van der Waals surface area contributed by atoms with Crippen LogP contribution in [0.2, 0.25) is 0 Å². The number of benzene rings is 1. The van der Waals surface area contributed by atoms with E-state index in [0.717, 1.165) is 13.0 Å². The molecule has 1 amide bonds. The predicted molar refractivity (Wildman–Crippen MR) is 70.0 cm³/mol. The summed E-state index contributed by atoms with van der Waals surface area (Å²) in [5.41, 5.74) is 6.85. The van der Waals surface area contributed by atoms with E-state index < -0.39 is 0 Å². The van der Waals surface area contributed by atoms with Gasteiger partial charge in [-0.25, -0.2) is 0 Å². The van der Waals surface area contributed by atoms with E-state index in [9.17, 15) is 4.79 Å². The van der Waals surface area contributed by atoms with Crippen molar-refractivity contribution in [2.75, 3.05) is 12.3 Å². The Morgan fingerprint density at radius 3 is 2.78 bits per heavy atom. The van der Waals surface area contributed by atoms with E-state index >= 15 is 0 Å². The summed E-state index contributed by atoms with van der Waals surface area (Å²) in [6, 6.07) is 8.76. The summed E-state index contributed by atoms with van der Waals surface area (Å²) in [5, 5.41) is 6.95. The van der Waals surface area contributed by atoms with Gasteiger partial charge >= 0.3 is 0 Å². The molecule has 0 aliphatic rings. The highest BCUT2D eigenvalue weighted by atomic mass is 16.1. The lowest BCUT2D eigenvalue weighted by Gasteiger charge is -2.05. The third kappa shape index (κ3) is 3.35. The molecule has 1 heterocycles. The molecule has 0 bridgehead atoms. The number of rotatable bonds is 5. The zero-order valence-electron chi connectivity index (χ0n) is 10.0. The minimum Gasteiger partial charge on any atom is -0.399 e. The van der Waals surface area contributed by atoms with Gasteiger partial charge in [0.25, 0.3) is 5.91 Å². The quantitative estimate of drug-likeness (QED) is 0.614. The number of amides is 1. The maximum Gasteiger partial charge on any atom is 0.251 e. The van der Waals surface area contributed by atoms with Gasteiger partial charge in [-0.05, 0) is 36.8 Å². The van der Waals surface area contributed by atoms with Crippen molar-refractivity contribution in [2.24, 2.45) is 0 Å². The Hall–Kier alpha value is -2.30. The molecule has 5 heteroatoms. The molecular weight excluding hydrogens is 228 g/mol. The Morgan fingerprint density at radius 2 is 2.11 bits per heavy atom. The van der Waals surface area contributed by atoms with Crippen molar-refractivity contribution in [3.8, 4) is 0 Å². The smallest absolute Gasteiger partial charge is 0.251 e. The average molecular weight is 244 g/mol. The molecule has 18 heavy (non-hydrogen) atoms. The molecule has 5 nitrogen and oxygen atoms in total. The molecule has 0 atom stereocenters. The van der Waals surface area contributed by atoms with Crippen molar-refractivity contribution in [1.82, 2.24) is 15.1 Å². The minimum atomic E-state index is -0.0736. The van der Waals surface area contributed by atoms with Gasteiger partial charge in [-0.15, -0.1) is 0 Å². The van der Waals surface area contributed by atoms with Gasteiger partial charge in [0.05, 0.1) is 0 Å². The van der Waals surface area contributed by atoms with Crippen LogP contribution in [0.4, 0.5) is 5.69 Å². The number of hydrogen-bond donors (Lipinski definition) is 2.